The molecule has 5 rings (SSSR count). The fourth-order valence-corrected chi connectivity index (χ4v) is 4.14. The molecule has 162 valence electrons. The Morgan fingerprint density at radius 1 is 1.16 bits per heavy atom. The van der Waals surface area contributed by atoms with E-state index in [2.05, 4.69) is 9.97 Å². The molecule has 1 atom stereocenters. The number of benzene rings is 2. The number of hydrogen-bond donors (Lipinski definition) is 1. The molecule has 1 aliphatic rings. The normalized spacial score (nSPS) is 16.3. The van der Waals surface area contributed by atoms with Gasteiger partial charge in [0.2, 0.25) is 0 Å². The van der Waals surface area contributed by atoms with Gasteiger partial charge >= 0.3 is 0 Å². The van der Waals surface area contributed by atoms with E-state index in [9.17, 15) is 4.79 Å². The van der Waals surface area contributed by atoms with Crippen molar-refractivity contribution in [3.8, 4) is 16.9 Å². The van der Waals surface area contributed by atoms with Crippen molar-refractivity contribution in [1.29, 1.82) is 0 Å². The lowest BCUT2D eigenvalue weighted by molar-refractivity contribution is -0.0248. The highest BCUT2D eigenvalue weighted by molar-refractivity contribution is 6.31. The molecule has 0 saturated carbocycles. The number of ether oxygens (including phenoxy) is 2. The summed E-state index contributed by atoms with van der Waals surface area (Å²) in [4.78, 5) is 22.7. The van der Waals surface area contributed by atoms with E-state index in [0.29, 0.717) is 30.4 Å². The first-order valence-corrected chi connectivity index (χ1v) is 10.8. The van der Waals surface area contributed by atoms with Gasteiger partial charge in [0.25, 0.3) is 5.91 Å². The summed E-state index contributed by atoms with van der Waals surface area (Å²) in [6.45, 7) is 1.44. The zero-order valence-corrected chi connectivity index (χ0v) is 18.3. The predicted octanol–water partition coefficient (Wildman–Crippen LogP) is 5.11. The number of aromatic nitrogens is 2. The molecule has 1 N–H and O–H groups in total. The van der Waals surface area contributed by atoms with E-state index in [0.717, 1.165) is 33.5 Å². The van der Waals surface area contributed by atoms with Gasteiger partial charge in [-0.25, -0.2) is 0 Å². The summed E-state index contributed by atoms with van der Waals surface area (Å²) < 4.78 is 11.2. The fraction of sp³-hybridized carbons (Fsp3) is 0.200. The average molecular weight is 448 g/mol. The molecule has 7 heteroatoms. The Kier molecular flexibility index (Phi) is 5.55. The number of morpholine rings is 1. The maximum absolute atomic E-state index is 13.1. The van der Waals surface area contributed by atoms with Crippen molar-refractivity contribution in [3.63, 3.8) is 0 Å². The van der Waals surface area contributed by atoms with Crippen LogP contribution in [0.5, 0.6) is 5.75 Å². The number of pyridine rings is 1. The largest absolute Gasteiger partial charge is 0.497 e. The summed E-state index contributed by atoms with van der Waals surface area (Å²) in [5.41, 5.74) is 4.22. The van der Waals surface area contributed by atoms with Gasteiger partial charge in [0.05, 0.1) is 26.0 Å². The lowest BCUT2D eigenvalue weighted by atomic mass is 10.1. The first kappa shape index (κ1) is 20.5. The van der Waals surface area contributed by atoms with E-state index in [1.165, 1.54) is 0 Å². The van der Waals surface area contributed by atoms with Gasteiger partial charge in [-0.3, -0.25) is 9.78 Å². The second-order valence-corrected chi connectivity index (χ2v) is 8.17. The molecule has 2 aromatic carbocycles. The van der Waals surface area contributed by atoms with Crippen molar-refractivity contribution in [2.75, 3.05) is 26.8 Å². The van der Waals surface area contributed by atoms with Crippen LogP contribution in [0.15, 0.2) is 66.9 Å². The molecule has 0 spiro atoms. The number of aromatic amines is 1. The molecule has 6 nitrogen and oxygen atoms in total. The summed E-state index contributed by atoms with van der Waals surface area (Å²) in [6, 6.07) is 19.2. The third kappa shape index (κ3) is 4.07. The van der Waals surface area contributed by atoms with E-state index in [4.69, 9.17) is 21.1 Å². The van der Waals surface area contributed by atoms with Gasteiger partial charge in [-0.1, -0.05) is 35.9 Å². The van der Waals surface area contributed by atoms with E-state index < -0.39 is 0 Å². The molecule has 0 bridgehead atoms. The van der Waals surface area contributed by atoms with Crippen LogP contribution in [-0.4, -0.2) is 47.6 Å². The van der Waals surface area contributed by atoms with Crippen molar-refractivity contribution >= 4 is 28.4 Å². The minimum absolute atomic E-state index is 0.0568. The summed E-state index contributed by atoms with van der Waals surface area (Å²) in [7, 11) is 1.65. The van der Waals surface area contributed by atoms with Crippen molar-refractivity contribution < 1.29 is 14.3 Å². The second kappa shape index (κ2) is 8.65. The van der Waals surface area contributed by atoms with Crippen molar-refractivity contribution in [2.24, 2.45) is 0 Å². The molecule has 2 aromatic heterocycles. The number of methoxy groups -OCH3 is 1. The van der Waals surface area contributed by atoms with Crippen LogP contribution in [0.2, 0.25) is 5.02 Å². The van der Waals surface area contributed by atoms with E-state index in [-0.39, 0.29) is 12.0 Å². The minimum Gasteiger partial charge on any atom is -0.497 e. The number of nitrogens with zero attached hydrogens (tertiary/aromatic N) is 2. The Balaban J connectivity index is 1.32. The zero-order chi connectivity index (χ0) is 22.1. The third-order valence-corrected chi connectivity index (χ3v) is 5.92. The lowest BCUT2D eigenvalue weighted by Gasteiger charge is -2.32. The van der Waals surface area contributed by atoms with Gasteiger partial charge in [0.1, 0.15) is 17.5 Å². The monoisotopic (exact) mass is 447 g/mol. The smallest absolute Gasteiger partial charge is 0.270 e. The highest BCUT2D eigenvalue weighted by atomic mass is 35.5. The molecule has 1 aliphatic heterocycles. The summed E-state index contributed by atoms with van der Waals surface area (Å²) >= 11 is 6.06. The van der Waals surface area contributed by atoms with Gasteiger partial charge in [0.15, 0.2) is 0 Å². The number of carbonyl (C=O) groups excluding carboxylic acids is 1. The van der Waals surface area contributed by atoms with Crippen LogP contribution in [0.1, 0.15) is 22.3 Å². The van der Waals surface area contributed by atoms with Crippen LogP contribution >= 0.6 is 11.6 Å². The van der Waals surface area contributed by atoms with Gasteiger partial charge in [0, 0.05) is 34.2 Å². The number of halogens is 1. The molecule has 1 amide bonds. The van der Waals surface area contributed by atoms with E-state index in [1.807, 2.05) is 66.9 Å². The standard InChI is InChI=1S/C25H22ClN3O3/c1-31-20-4-2-3-16(11-20)18-6-8-21(27-14-18)24-15-29(9-10-32-24)25(30)23-12-17-5-7-19(26)13-22(17)28-23/h2-8,11-14,24,28H,9-10,15H2,1H3/t24-/m1/s1. The number of carbonyl (C=O) groups is 1. The molecule has 1 fully saturated rings. The average Bonchev–Trinajstić information content (AvgIpc) is 3.27. The third-order valence-electron chi connectivity index (χ3n) is 5.69. The summed E-state index contributed by atoms with van der Waals surface area (Å²) in [5, 5.41) is 1.59. The SMILES string of the molecule is COc1cccc(-c2ccc([C@H]3CN(C(=O)c4cc5ccc(Cl)cc5[nH]4)CCO3)nc2)c1. The van der Waals surface area contributed by atoms with Crippen LogP contribution in [0, 0.1) is 0 Å². The molecular weight excluding hydrogens is 426 g/mol. The Morgan fingerprint density at radius 2 is 2.06 bits per heavy atom. The molecule has 3 heterocycles. The molecule has 0 aliphatic carbocycles. The number of amides is 1. The Morgan fingerprint density at radius 3 is 2.88 bits per heavy atom. The minimum atomic E-state index is -0.272. The van der Waals surface area contributed by atoms with Gasteiger partial charge < -0.3 is 19.4 Å². The number of nitrogens with one attached hydrogen (secondary N) is 1. The van der Waals surface area contributed by atoms with Gasteiger partial charge in [-0.2, -0.15) is 0 Å². The number of fused-ring (bicyclic) bond motifs is 1. The van der Waals surface area contributed by atoms with E-state index >= 15 is 0 Å². The highest BCUT2D eigenvalue weighted by Gasteiger charge is 2.27. The Hall–Kier alpha value is -3.35. The van der Waals surface area contributed by atoms with Crippen LogP contribution in [0.4, 0.5) is 0 Å². The van der Waals surface area contributed by atoms with Crippen LogP contribution < -0.4 is 4.74 Å². The van der Waals surface area contributed by atoms with E-state index in [1.54, 1.807) is 12.0 Å². The zero-order valence-electron chi connectivity index (χ0n) is 17.5. The molecular formula is C25H22ClN3O3. The summed E-state index contributed by atoms with van der Waals surface area (Å²) in [5.74, 6) is 0.745. The number of hydrogen-bond acceptors (Lipinski definition) is 4. The van der Waals surface area contributed by atoms with Crippen molar-refractivity contribution in [2.45, 2.75) is 6.10 Å². The summed E-state index contributed by atoms with van der Waals surface area (Å²) in [6.07, 6.45) is 1.56. The molecule has 4 aromatic rings. The topological polar surface area (TPSA) is 67.5 Å². The predicted molar refractivity (Wildman–Crippen MR) is 124 cm³/mol. The molecule has 1 saturated heterocycles. The molecule has 0 unspecified atom stereocenters. The maximum atomic E-state index is 13.1. The highest BCUT2D eigenvalue weighted by Crippen LogP contribution is 2.27. The number of rotatable bonds is 4. The maximum Gasteiger partial charge on any atom is 0.270 e. The van der Waals surface area contributed by atoms with Crippen molar-refractivity contribution in [3.05, 3.63) is 83.3 Å². The second-order valence-electron chi connectivity index (χ2n) is 7.73. The first-order chi connectivity index (χ1) is 15.6. The van der Waals surface area contributed by atoms with Gasteiger partial charge in [-0.15, -0.1) is 0 Å². The van der Waals surface area contributed by atoms with Crippen LogP contribution in [-0.2, 0) is 4.74 Å². The van der Waals surface area contributed by atoms with Crippen molar-refractivity contribution in [1.82, 2.24) is 14.9 Å². The van der Waals surface area contributed by atoms with Crippen LogP contribution in [0.3, 0.4) is 0 Å². The van der Waals surface area contributed by atoms with Crippen LogP contribution in [0.25, 0.3) is 22.0 Å². The lowest BCUT2D eigenvalue weighted by Crippen LogP contribution is -2.42. The number of H-pyrrole nitrogens is 1. The molecule has 32 heavy (non-hydrogen) atoms. The Labute approximate surface area is 190 Å². The first-order valence-electron chi connectivity index (χ1n) is 10.4. The van der Waals surface area contributed by atoms with Gasteiger partial charge in [-0.05, 0) is 42.0 Å². The Bertz CT molecular complexity index is 1270. The fourth-order valence-electron chi connectivity index (χ4n) is 3.97. The molecule has 0 radical (unpaired) electrons. The quantitative estimate of drug-likeness (QED) is 0.472.